The Morgan fingerprint density at radius 1 is 1.05 bits per heavy atom. The van der Waals surface area contributed by atoms with Gasteiger partial charge in [-0.25, -0.2) is 9.59 Å². The van der Waals surface area contributed by atoms with Gasteiger partial charge in [-0.1, -0.05) is 13.2 Å². The Balaban J connectivity index is 0. The van der Waals surface area contributed by atoms with E-state index in [1.165, 1.54) is 14.0 Å². The summed E-state index contributed by atoms with van der Waals surface area (Å²) in [5.74, 6) is -2.76. The van der Waals surface area contributed by atoms with Crippen LogP contribution in [0.1, 0.15) is 27.7 Å². The van der Waals surface area contributed by atoms with Crippen LogP contribution in [0.15, 0.2) is 24.3 Å². The summed E-state index contributed by atoms with van der Waals surface area (Å²) >= 11 is 0. The highest BCUT2D eigenvalue weighted by molar-refractivity contribution is 5.86. The highest BCUT2D eigenvalue weighted by Gasteiger charge is 2.33. The molecule has 0 unspecified atom stereocenters. The molecule has 0 atom stereocenters. The van der Waals surface area contributed by atoms with Crippen molar-refractivity contribution < 1.29 is 33.6 Å². The Morgan fingerprint density at radius 3 is 1.68 bits per heavy atom. The van der Waals surface area contributed by atoms with E-state index in [4.69, 9.17) is 24.1 Å². The zero-order valence-corrected chi connectivity index (χ0v) is 13.9. The number of carboxylic acids is 1. The van der Waals surface area contributed by atoms with Crippen molar-refractivity contribution in [1.29, 1.82) is 0 Å². The first kappa shape index (κ1) is 22.6. The lowest BCUT2D eigenvalue weighted by atomic mass is 10.4. The number of carbonyl (C=O) groups excluding carboxylic acids is 1. The third-order valence-electron chi connectivity index (χ3n) is 2.13. The first-order valence-corrected chi connectivity index (χ1v) is 6.70. The van der Waals surface area contributed by atoms with Crippen LogP contribution < -0.4 is 0 Å². The Bertz CT molecular complexity index is 369. The van der Waals surface area contributed by atoms with E-state index in [0.717, 1.165) is 0 Å². The van der Waals surface area contributed by atoms with Crippen LogP contribution in [0.25, 0.3) is 0 Å². The summed E-state index contributed by atoms with van der Waals surface area (Å²) in [6.07, 6.45) is 0. The lowest BCUT2D eigenvalue weighted by Crippen LogP contribution is -2.43. The Labute approximate surface area is 131 Å². The van der Waals surface area contributed by atoms with Crippen LogP contribution in [0.3, 0.4) is 0 Å². The maximum Gasteiger partial charge on any atom is 0.333 e. The maximum atomic E-state index is 11.2. The quantitative estimate of drug-likeness (QED) is 0.395. The van der Waals surface area contributed by atoms with Gasteiger partial charge in [-0.3, -0.25) is 0 Å². The summed E-state index contributed by atoms with van der Waals surface area (Å²) < 4.78 is 20.6. The van der Waals surface area contributed by atoms with Crippen molar-refractivity contribution in [2.24, 2.45) is 0 Å². The highest BCUT2D eigenvalue weighted by atomic mass is 16.9. The van der Waals surface area contributed by atoms with Gasteiger partial charge in [-0.05, 0) is 27.7 Å². The molecule has 0 aromatic rings. The Kier molecular flexibility index (Phi) is 12.2. The van der Waals surface area contributed by atoms with Gasteiger partial charge in [-0.2, -0.15) is 0 Å². The molecule has 7 nitrogen and oxygen atoms in total. The van der Waals surface area contributed by atoms with Crippen molar-refractivity contribution in [2.75, 3.05) is 26.9 Å². The molecule has 0 radical (unpaired) electrons. The summed E-state index contributed by atoms with van der Waals surface area (Å²) in [4.78, 5) is 20.8. The standard InChI is InChI=1S/C11H20O5.C4H6O2/c1-6-15-11(13-5,16-7-2)8-14-10(12)9(3)4;1-3(2)4(5)6/h3,6-8H2,1-2,4-5H3;1H2,2H3,(H,5,6). The van der Waals surface area contributed by atoms with Crippen LogP contribution in [-0.4, -0.2) is 49.9 Å². The number of hydrogen-bond acceptors (Lipinski definition) is 6. The topological polar surface area (TPSA) is 91.3 Å². The smallest absolute Gasteiger partial charge is 0.333 e. The van der Waals surface area contributed by atoms with E-state index in [1.54, 1.807) is 20.8 Å². The SMILES string of the molecule is C=C(C)C(=O)O.C=C(C)C(=O)OCC(OC)(OCC)OCC. The van der Waals surface area contributed by atoms with Gasteiger partial charge in [-0.15, -0.1) is 0 Å². The van der Waals surface area contributed by atoms with E-state index in [2.05, 4.69) is 13.2 Å². The lowest BCUT2D eigenvalue weighted by Gasteiger charge is -2.30. The zero-order valence-electron chi connectivity index (χ0n) is 13.9. The fourth-order valence-electron chi connectivity index (χ4n) is 1.02. The number of aliphatic carboxylic acids is 1. The van der Waals surface area contributed by atoms with Gasteiger partial charge in [0.15, 0.2) is 6.61 Å². The molecular weight excluding hydrogens is 292 g/mol. The van der Waals surface area contributed by atoms with E-state index in [0.29, 0.717) is 18.8 Å². The molecule has 0 heterocycles. The van der Waals surface area contributed by atoms with Crippen LogP contribution in [0, 0.1) is 0 Å². The number of esters is 1. The van der Waals surface area contributed by atoms with E-state index < -0.39 is 17.9 Å². The molecule has 0 aromatic heterocycles. The number of ether oxygens (including phenoxy) is 4. The molecule has 0 rings (SSSR count). The summed E-state index contributed by atoms with van der Waals surface area (Å²) in [6.45, 7) is 13.9. The van der Waals surface area contributed by atoms with Crippen molar-refractivity contribution >= 4 is 11.9 Å². The minimum Gasteiger partial charge on any atom is -0.478 e. The van der Waals surface area contributed by atoms with Crippen LogP contribution in [0.2, 0.25) is 0 Å². The van der Waals surface area contributed by atoms with E-state index in [1.807, 2.05) is 0 Å². The molecule has 0 aliphatic rings. The van der Waals surface area contributed by atoms with Gasteiger partial charge in [0, 0.05) is 31.5 Å². The van der Waals surface area contributed by atoms with E-state index in [9.17, 15) is 9.59 Å². The van der Waals surface area contributed by atoms with E-state index in [-0.39, 0.29) is 12.2 Å². The molecule has 0 aliphatic heterocycles. The second kappa shape index (κ2) is 11.9. The van der Waals surface area contributed by atoms with Gasteiger partial charge in [0.1, 0.15) is 0 Å². The lowest BCUT2D eigenvalue weighted by molar-refractivity contribution is -0.380. The molecule has 0 aliphatic carbocycles. The highest BCUT2D eigenvalue weighted by Crippen LogP contribution is 2.15. The van der Waals surface area contributed by atoms with Crippen molar-refractivity contribution in [1.82, 2.24) is 0 Å². The van der Waals surface area contributed by atoms with Gasteiger partial charge in [0.2, 0.25) is 0 Å². The molecule has 0 saturated heterocycles. The van der Waals surface area contributed by atoms with Gasteiger partial charge >= 0.3 is 17.9 Å². The summed E-state index contributed by atoms with van der Waals surface area (Å²) in [6, 6.07) is 0. The van der Waals surface area contributed by atoms with Crippen molar-refractivity contribution in [3.8, 4) is 0 Å². The van der Waals surface area contributed by atoms with Gasteiger partial charge in [0.05, 0.1) is 0 Å². The minimum atomic E-state index is -1.32. The average Bonchev–Trinajstić information content (AvgIpc) is 2.45. The van der Waals surface area contributed by atoms with Gasteiger partial charge < -0.3 is 24.1 Å². The van der Waals surface area contributed by atoms with Crippen LogP contribution in [0.5, 0.6) is 0 Å². The number of methoxy groups -OCH3 is 1. The van der Waals surface area contributed by atoms with Crippen LogP contribution >= 0.6 is 0 Å². The fraction of sp³-hybridized carbons (Fsp3) is 0.600. The Morgan fingerprint density at radius 2 is 1.45 bits per heavy atom. The third-order valence-corrected chi connectivity index (χ3v) is 2.13. The molecular formula is C15H26O7. The monoisotopic (exact) mass is 318 g/mol. The summed E-state index contributed by atoms with van der Waals surface area (Å²) in [5, 5.41) is 7.89. The summed E-state index contributed by atoms with van der Waals surface area (Å²) in [7, 11) is 1.43. The molecule has 0 bridgehead atoms. The van der Waals surface area contributed by atoms with Crippen LogP contribution in [-0.2, 0) is 28.5 Å². The molecule has 0 amide bonds. The minimum absolute atomic E-state index is 0.128. The second-order valence-corrected chi connectivity index (χ2v) is 4.20. The first-order valence-electron chi connectivity index (χ1n) is 6.70. The molecule has 0 fully saturated rings. The van der Waals surface area contributed by atoms with E-state index >= 15 is 0 Å². The molecule has 22 heavy (non-hydrogen) atoms. The van der Waals surface area contributed by atoms with Crippen molar-refractivity contribution in [3.63, 3.8) is 0 Å². The van der Waals surface area contributed by atoms with Crippen LogP contribution in [0.4, 0.5) is 0 Å². The molecule has 7 heteroatoms. The number of carboxylic acid groups (broad SMARTS) is 1. The average molecular weight is 318 g/mol. The number of hydrogen-bond donors (Lipinski definition) is 1. The van der Waals surface area contributed by atoms with Crippen molar-refractivity contribution in [3.05, 3.63) is 24.3 Å². The zero-order chi connectivity index (χ0) is 17.8. The normalized spacial score (nSPS) is 10.2. The second-order valence-electron chi connectivity index (χ2n) is 4.20. The molecule has 0 saturated carbocycles. The Hall–Kier alpha value is -1.70. The largest absolute Gasteiger partial charge is 0.478 e. The van der Waals surface area contributed by atoms with Gasteiger partial charge in [0.25, 0.3) is 0 Å². The number of carbonyl (C=O) groups is 2. The van der Waals surface area contributed by atoms with Crippen molar-refractivity contribution in [2.45, 2.75) is 33.7 Å². The first-order chi connectivity index (χ1) is 10.2. The summed E-state index contributed by atoms with van der Waals surface area (Å²) in [5.41, 5.74) is 0.494. The predicted octanol–water partition coefficient (Wildman–Crippen LogP) is 2.13. The molecule has 0 aromatic carbocycles. The number of rotatable bonds is 9. The predicted molar refractivity (Wildman–Crippen MR) is 81.2 cm³/mol. The fourth-order valence-corrected chi connectivity index (χ4v) is 1.02. The molecule has 1 N–H and O–H groups in total. The third kappa shape index (κ3) is 10.1. The molecule has 128 valence electrons. The maximum absolute atomic E-state index is 11.2. The molecule has 0 spiro atoms.